The number of carbonyl (C=O) groups is 1. The Bertz CT molecular complexity index is 282. The molecule has 1 saturated heterocycles. The summed E-state index contributed by atoms with van der Waals surface area (Å²) in [6, 6.07) is 0.280. The molecular weight excluding hydrogens is 232 g/mol. The zero-order valence-electron chi connectivity index (χ0n) is 11.1. The van der Waals surface area contributed by atoms with E-state index >= 15 is 0 Å². The summed E-state index contributed by atoms with van der Waals surface area (Å²) < 4.78 is 10.8. The Hall–Kier alpha value is -0.650. The van der Waals surface area contributed by atoms with Crippen LogP contribution in [0.5, 0.6) is 0 Å². The average Bonchev–Trinajstić information content (AvgIpc) is 2.86. The lowest BCUT2D eigenvalue weighted by Crippen LogP contribution is -2.47. The van der Waals surface area contributed by atoms with E-state index in [1.165, 1.54) is 0 Å². The number of hydrogen-bond donors (Lipinski definition) is 2. The number of hydrogen-bond acceptors (Lipinski definition) is 4. The molecule has 0 aromatic carbocycles. The highest BCUT2D eigenvalue weighted by atomic mass is 16.5. The van der Waals surface area contributed by atoms with Gasteiger partial charge >= 0.3 is 0 Å². The van der Waals surface area contributed by atoms with Crippen molar-refractivity contribution in [3.63, 3.8) is 0 Å². The maximum Gasteiger partial charge on any atom is 0.223 e. The molecule has 0 radical (unpaired) electrons. The van der Waals surface area contributed by atoms with Crippen LogP contribution in [0, 0.1) is 5.92 Å². The van der Waals surface area contributed by atoms with Crippen molar-refractivity contribution in [2.24, 2.45) is 11.7 Å². The molecular formula is C13H24N2O3. The Morgan fingerprint density at radius 3 is 2.72 bits per heavy atom. The highest BCUT2D eigenvalue weighted by Crippen LogP contribution is 2.25. The molecule has 5 heteroatoms. The minimum Gasteiger partial charge on any atom is -0.378 e. The van der Waals surface area contributed by atoms with Crippen LogP contribution < -0.4 is 11.1 Å². The second-order valence-electron chi connectivity index (χ2n) is 5.52. The number of ether oxygens (including phenoxy) is 2. The largest absolute Gasteiger partial charge is 0.378 e. The van der Waals surface area contributed by atoms with Crippen LogP contribution in [0.2, 0.25) is 0 Å². The van der Waals surface area contributed by atoms with Crippen molar-refractivity contribution in [3.8, 4) is 0 Å². The van der Waals surface area contributed by atoms with Gasteiger partial charge in [-0.2, -0.15) is 0 Å². The second-order valence-corrected chi connectivity index (χ2v) is 5.52. The van der Waals surface area contributed by atoms with Gasteiger partial charge in [0.2, 0.25) is 5.91 Å². The summed E-state index contributed by atoms with van der Waals surface area (Å²) in [4.78, 5) is 12.1. The van der Waals surface area contributed by atoms with Gasteiger partial charge in [0.05, 0.1) is 6.61 Å². The summed E-state index contributed by atoms with van der Waals surface area (Å²) >= 11 is 0. The van der Waals surface area contributed by atoms with Gasteiger partial charge in [-0.05, 0) is 25.7 Å². The first-order chi connectivity index (χ1) is 8.65. The van der Waals surface area contributed by atoms with Crippen molar-refractivity contribution in [1.82, 2.24) is 5.32 Å². The first kappa shape index (κ1) is 13.8. The minimum absolute atomic E-state index is 0.126. The van der Waals surface area contributed by atoms with Gasteiger partial charge in [0, 0.05) is 38.6 Å². The van der Waals surface area contributed by atoms with E-state index in [-0.39, 0.29) is 23.5 Å². The standard InChI is InChI=1S/C13H24N2O3/c1-17-13(6-7-18-9-13)8-15-12(16)10-2-4-11(14)5-3-10/h10-11H,2-9,14H2,1H3,(H,15,16). The van der Waals surface area contributed by atoms with E-state index in [2.05, 4.69) is 5.32 Å². The predicted molar refractivity (Wildman–Crippen MR) is 68.1 cm³/mol. The molecule has 2 aliphatic rings. The van der Waals surface area contributed by atoms with Crippen molar-refractivity contribution >= 4 is 5.91 Å². The van der Waals surface area contributed by atoms with Crippen molar-refractivity contribution in [2.45, 2.75) is 43.7 Å². The Balaban J connectivity index is 1.77. The number of nitrogens with two attached hydrogens (primary N) is 1. The maximum atomic E-state index is 12.1. The van der Waals surface area contributed by atoms with Gasteiger partial charge in [-0.15, -0.1) is 0 Å². The molecule has 2 rings (SSSR count). The van der Waals surface area contributed by atoms with Gasteiger partial charge in [0.15, 0.2) is 0 Å². The van der Waals surface area contributed by atoms with Gasteiger partial charge < -0.3 is 20.5 Å². The van der Waals surface area contributed by atoms with Crippen LogP contribution in [-0.2, 0) is 14.3 Å². The summed E-state index contributed by atoms with van der Waals surface area (Å²) in [6.07, 6.45) is 4.57. The van der Waals surface area contributed by atoms with E-state index in [0.717, 1.165) is 32.1 Å². The van der Waals surface area contributed by atoms with Crippen LogP contribution in [0.3, 0.4) is 0 Å². The molecule has 18 heavy (non-hydrogen) atoms. The molecule has 2 fully saturated rings. The third kappa shape index (κ3) is 3.22. The van der Waals surface area contributed by atoms with Crippen LogP contribution in [0.1, 0.15) is 32.1 Å². The SMILES string of the molecule is COC1(CNC(=O)C2CCC(N)CC2)CCOC1. The molecule has 3 N–H and O–H groups in total. The second kappa shape index (κ2) is 5.99. The molecule has 104 valence electrons. The molecule has 1 atom stereocenters. The van der Waals surface area contributed by atoms with Gasteiger partial charge in [-0.3, -0.25) is 4.79 Å². The topological polar surface area (TPSA) is 73.6 Å². The van der Waals surface area contributed by atoms with Crippen LogP contribution in [0.25, 0.3) is 0 Å². The molecule has 1 unspecified atom stereocenters. The van der Waals surface area contributed by atoms with E-state index in [9.17, 15) is 4.79 Å². The van der Waals surface area contributed by atoms with E-state index < -0.39 is 0 Å². The van der Waals surface area contributed by atoms with Gasteiger partial charge in [-0.25, -0.2) is 0 Å². The summed E-state index contributed by atoms with van der Waals surface area (Å²) in [5, 5.41) is 3.02. The van der Waals surface area contributed by atoms with E-state index in [4.69, 9.17) is 15.2 Å². The molecule has 1 aliphatic heterocycles. The first-order valence-electron chi connectivity index (χ1n) is 6.81. The fraction of sp³-hybridized carbons (Fsp3) is 0.923. The van der Waals surface area contributed by atoms with Crippen molar-refractivity contribution in [1.29, 1.82) is 0 Å². The Kier molecular flexibility index (Phi) is 4.59. The summed E-state index contributed by atoms with van der Waals surface area (Å²) in [5.74, 6) is 0.270. The number of methoxy groups -OCH3 is 1. The summed E-state index contributed by atoms with van der Waals surface area (Å²) in [7, 11) is 1.68. The van der Waals surface area contributed by atoms with Crippen LogP contribution in [0.15, 0.2) is 0 Å². The smallest absolute Gasteiger partial charge is 0.223 e. The monoisotopic (exact) mass is 256 g/mol. The quantitative estimate of drug-likeness (QED) is 0.765. The average molecular weight is 256 g/mol. The highest BCUT2D eigenvalue weighted by molar-refractivity contribution is 5.78. The minimum atomic E-state index is -0.319. The fourth-order valence-electron chi connectivity index (χ4n) is 2.74. The molecule has 1 heterocycles. The zero-order valence-corrected chi connectivity index (χ0v) is 11.1. The molecule has 0 bridgehead atoms. The van der Waals surface area contributed by atoms with Crippen molar-refractivity contribution in [3.05, 3.63) is 0 Å². The molecule has 0 aromatic rings. The maximum absolute atomic E-state index is 12.1. The van der Waals surface area contributed by atoms with Crippen LogP contribution >= 0.6 is 0 Å². The van der Waals surface area contributed by atoms with Crippen molar-refractivity contribution < 1.29 is 14.3 Å². The third-order valence-electron chi connectivity index (χ3n) is 4.23. The third-order valence-corrected chi connectivity index (χ3v) is 4.23. The first-order valence-corrected chi connectivity index (χ1v) is 6.81. The lowest BCUT2D eigenvalue weighted by atomic mass is 9.86. The van der Waals surface area contributed by atoms with Gasteiger partial charge in [0.1, 0.15) is 5.60 Å². The van der Waals surface area contributed by atoms with Crippen molar-refractivity contribution in [2.75, 3.05) is 26.9 Å². The molecule has 0 aromatic heterocycles. The van der Waals surface area contributed by atoms with Gasteiger partial charge in [-0.1, -0.05) is 0 Å². The number of amides is 1. The number of nitrogens with one attached hydrogen (secondary N) is 1. The Morgan fingerprint density at radius 1 is 1.44 bits per heavy atom. The Labute approximate surface area is 108 Å². The van der Waals surface area contributed by atoms with E-state index in [1.54, 1.807) is 7.11 Å². The lowest BCUT2D eigenvalue weighted by Gasteiger charge is -2.29. The molecule has 1 saturated carbocycles. The zero-order chi connectivity index (χ0) is 13.0. The fourth-order valence-corrected chi connectivity index (χ4v) is 2.74. The Morgan fingerprint density at radius 2 is 2.17 bits per heavy atom. The summed E-state index contributed by atoms with van der Waals surface area (Å²) in [5.41, 5.74) is 5.53. The lowest BCUT2D eigenvalue weighted by molar-refractivity contribution is -0.127. The molecule has 5 nitrogen and oxygen atoms in total. The van der Waals surface area contributed by atoms with Crippen LogP contribution in [0.4, 0.5) is 0 Å². The van der Waals surface area contributed by atoms with Crippen LogP contribution in [-0.4, -0.2) is 44.4 Å². The number of carbonyl (C=O) groups excluding carboxylic acids is 1. The van der Waals surface area contributed by atoms with E-state index in [1.807, 2.05) is 0 Å². The normalized spacial score (nSPS) is 36.6. The van der Waals surface area contributed by atoms with E-state index in [0.29, 0.717) is 19.8 Å². The summed E-state index contributed by atoms with van der Waals surface area (Å²) in [6.45, 7) is 1.83. The highest BCUT2D eigenvalue weighted by Gasteiger charge is 2.36. The van der Waals surface area contributed by atoms with Gasteiger partial charge in [0.25, 0.3) is 0 Å². The molecule has 1 aliphatic carbocycles. The predicted octanol–water partition coefficient (Wildman–Crippen LogP) is 0.426. The number of rotatable bonds is 4. The molecule has 1 amide bonds. The molecule has 0 spiro atoms.